The molecule has 150 valence electrons. The van der Waals surface area contributed by atoms with Crippen molar-refractivity contribution < 1.29 is 9.47 Å². The molecule has 0 aliphatic heterocycles. The molecule has 3 aromatic carbocycles. The molecule has 0 bridgehead atoms. The fourth-order valence-corrected chi connectivity index (χ4v) is 3.23. The summed E-state index contributed by atoms with van der Waals surface area (Å²) >= 11 is 0. The predicted molar refractivity (Wildman–Crippen MR) is 122 cm³/mol. The largest absolute Gasteiger partial charge is 0.494 e. The topological polar surface area (TPSA) is 18.5 Å². The molecule has 0 atom stereocenters. The van der Waals surface area contributed by atoms with Crippen LogP contribution in [0.2, 0.25) is 0 Å². The van der Waals surface area contributed by atoms with Crippen molar-refractivity contribution in [1.29, 1.82) is 0 Å². The quantitative estimate of drug-likeness (QED) is 0.291. The zero-order valence-electron chi connectivity index (χ0n) is 17.5. The summed E-state index contributed by atoms with van der Waals surface area (Å²) in [5.41, 5.74) is 1.99. The summed E-state index contributed by atoms with van der Waals surface area (Å²) in [6.07, 6.45) is 6.27. The number of benzene rings is 3. The Labute approximate surface area is 174 Å². The van der Waals surface area contributed by atoms with Gasteiger partial charge in [-0.1, -0.05) is 56.6 Å². The fourth-order valence-electron chi connectivity index (χ4n) is 3.23. The molecule has 0 spiro atoms. The molecule has 3 rings (SSSR count). The van der Waals surface area contributed by atoms with E-state index in [1.807, 2.05) is 31.2 Å². The van der Waals surface area contributed by atoms with Crippen molar-refractivity contribution in [2.24, 2.45) is 0 Å². The van der Waals surface area contributed by atoms with Gasteiger partial charge in [0.15, 0.2) is 0 Å². The highest BCUT2D eigenvalue weighted by molar-refractivity contribution is 5.85. The van der Waals surface area contributed by atoms with Crippen LogP contribution in [0, 0.1) is 11.8 Å². The van der Waals surface area contributed by atoms with Gasteiger partial charge >= 0.3 is 0 Å². The van der Waals surface area contributed by atoms with Gasteiger partial charge in [0.25, 0.3) is 0 Å². The molecule has 29 heavy (non-hydrogen) atoms. The highest BCUT2D eigenvalue weighted by Crippen LogP contribution is 2.22. The lowest BCUT2D eigenvalue weighted by atomic mass is 10.1. The standard InChI is InChI=1S/C27H30O2/c1-3-5-6-7-8-19-29-27-18-15-24-20-23(11-14-25(24)21-27)10-9-22-12-16-26(17-13-22)28-4-2/h11-18,20-21H,3-8,19H2,1-2H3. The molecule has 0 aromatic heterocycles. The average Bonchev–Trinajstić information content (AvgIpc) is 2.76. The van der Waals surface area contributed by atoms with E-state index in [0.717, 1.165) is 35.7 Å². The first kappa shape index (κ1) is 20.8. The lowest BCUT2D eigenvalue weighted by molar-refractivity contribution is 0.305. The second kappa shape index (κ2) is 11.2. The summed E-state index contributed by atoms with van der Waals surface area (Å²) in [5, 5.41) is 2.36. The van der Waals surface area contributed by atoms with Gasteiger partial charge < -0.3 is 9.47 Å². The monoisotopic (exact) mass is 386 g/mol. The maximum absolute atomic E-state index is 5.92. The zero-order valence-corrected chi connectivity index (χ0v) is 17.5. The Hall–Kier alpha value is -2.92. The van der Waals surface area contributed by atoms with Crippen LogP contribution in [0.5, 0.6) is 11.5 Å². The van der Waals surface area contributed by atoms with E-state index in [9.17, 15) is 0 Å². The van der Waals surface area contributed by atoms with Crippen molar-refractivity contribution in [2.45, 2.75) is 46.0 Å². The van der Waals surface area contributed by atoms with Crippen molar-refractivity contribution in [1.82, 2.24) is 0 Å². The van der Waals surface area contributed by atoms with E-state index >= 15 is 0 Å². The SMILES string of the molecule is CCCCCCCOc1ccc2cc(C#Cc3ccc(OCC)cc3)ccc2c1. The summed E-state index contributed by atoms with van der Waals surface area (Å²) in [6.45, 7) is 5.69. The molecule has 0 aliphatic carbocycles. The molecule has 0 heterocycles. The number of rotatable bonds is 9. The van der Waals surface area contributed by atoms with E-state index < -0.39 is 0 Å². The molecular weight excluding hydrogens is 356 g/mol. The number of hydrogen-bond acceptors (Lipinski definition) is 2. The Morgan fingerprint density at radius 1 is 0.621 bits per heavy atom. The van der Waals surface area contributed by atoms with Gasteiger partial charge in [0, 0.05) is 11.1 Å². The Kier molecular flexibility index (Phi) is 8.01. The van der Waals surface area contributed by atoms with Crippen LogP contribution in [-0.4, -0.2) is 13.2 Å². The van der Waals surface area contributed by atoms with E-state index in [1.165, 1.54) is 36.5 Å². The van der Waals surface area contributed by atoms with Crippen molar-refractivity contribution in [2.75, 3.05) is 13.2 Å². The van der Waals surface area contributed by atoms with Crippen molar-refractivity contribution >= 4 is 10.8 Å². The van der Waals surface area contributed by atoms with Crippen LogP contribution in [0.1, 0.15) is 57.1 Å². The second-order valence-electron chi connectivity index (χ2n) is 7.19. The lowest BCUT2D eigenvalue weighted by Crippen LogP contribution is -1.97. The second-order valence-corrected chi connectivity index (χ2v) is 7.19. The molecule has 0 N–H and O–H groups in total. The summed E-state index contributed by atoms with van der Waals surface area (Å²) in [6, 6.07) is 20.5. The predicted octanol–water partition coefficient (Wildman–Crippen LogP) is 6.99. The van der Waals surface area contributed by atoms with Crippen molar-refractivity contribution in [3.8, 4) is 23.3 Å². The molecule has 0 saturated carbocycles. The number of hydrogen-bond donors (Lipinski definition) is 0. The fraction of sp³-hybridized carbons (Fsp3) is 0.333. The van der Waals surface area contributed by atoms with Gasteiger partial charge in [0.1, 0.15) is 11.5 Å². The van der Waals surface area contributed by atoms with Crippen molar-refractivity contribution in [3.63, 3.8) is 0 Å². The summed E-state index contributed by atoms with van der Waals surface area (Å²) in [4.78, 5) is 0. The van der Waals surface area contributed by atoms with Crippen LogP contribution < -0.4 is 9.47 Å². The molecule has 2 heteroatoms. The molecule has 0 amide bonds. The summed E-state index contributed by atoms with van der Waals surface area (Å²) in [7, 11) is 0. The van der Waals surface area contributed by atoms with Gasteiger partial charge in [0.05, 0.1) is 13.2 Å². The Bertz CT molecular complexity index is 961. The van der Waals surface area contributed by atoms with Gasteiger partial charge in [-0.3, -0.25) is 0 Å². The van der Waals surface area contributed by atoms with Crippen LogP contribution in [0.25, 0.3) is 10.8 Å². The highest BCUT2D eigenvalue weighted by atomic mass is 16.5. The van der Waals surface area contributed by atoms with Crippen LogP contribution in [0.4, 0.5) is 0 Å². The number of unbranched alkanes of at least 4 members (excludes halogenated alkanes) is 4. The molecule has 3 aromatic rings. The average molecular weight is 387 g/mol. The van der Waals surface area contributed by atoms with Crippen LogP contribution >= 0.6 is 0 Å². The minimum atomic E-state index is 0.674. The Morgan fingerprint density at radius 3 is 2.07 bits per heavy atom. The van der Waals surface area contributed by atoms with Gasteiger partial charge in [-0.2, -0.15) is 0 Å². The van der Waals surface area contributed by atoms with Gasteiger partial charge in [0.2, 0.25) is 0 Å². The molecule has 0 aliphatic rings. The first-order valence-corrected chi connectivity index (χ1v) is 10.7. The summed E-state index contributed by atoms with van der Waals surface area (Å²) in [5.74, 6) is 8.30. The molecule has 0 fully saturated rings. The highest BCUT2D eigenvalue weighted by Gasteiger charge is 1.99. The van der Waals surface area contributed by atoms with Gasteiger partial charge in [-0.05, 0) is 72.6 Å². The van der Waals surface area contributed by atoms with Gasteiger partial charge in [-0.15, -0.1) is 0 Å². The minimum Gasteiger partial charge on any atom is -0.494 e. The van der Waals surface area contributed by atoms with Crippen LogP contribution in [0.15, 0.2) is 60.7 Å². The molecule has 0 unspecified atom stereocenters. The van der Waals surface area contributed by atoms with Gasteiger partial charge in [-0.25, -0.2) is 0 Å². The van der Waals surface area contributed by atoms with Crippen LogP contribution in [0.3, 0.4) is 0 Å². The Morgan fingerprint density at radius 2 is 1.28 bits per heavy atom. The van der Waals surface area contributed by atoms with E-state index in [2.05, 4.69) is 55.2 Å². The maximum Gasteiger partial charge on any atom is 0.119 e. The normalized spacial score (nSPS) is 10.4. The van der Waals surface area contributed by atoms with Crippen LogP contribution in [-0.2, 0) is 0 Å². The van der Waals surface area contributed by atoms with E-state index in [0.29, 0.717) is 6.61 Å². The maximum atomic E-state index is 5.92. The number of ether oxygens (including phenoxy) is 2. The third kappa shape index (κ3) is 6.57. The molecule has 0 radical (unpaired) electrons. The first-order valence-electron chi connectivity index (χ1n) is 10.7. The third-order valence-corrected chi connectivity index (χ3v) is 4.84. The number of fused-ring (bicyclic) bond motifs is 1. The van der Waals surface area contributed by atoms with E-state index in [-0.39, 0.29) is 0 Å². The third-order valence-electron chi connectivity index (χ3n) is 4.84. The molecular formula is C27H30O2. The van der Waals surface area contributed by atoms with E-state index in [4.69, 9.17) is 9.47 Å². The molecule has 0 saturated heterocycles. The zero-order chi connectivity index (χ0) is 20.3. The first-order chi connectivity index (χ1) is 14.3. The minimum absolute atomic E-state index is 0.674. The van der Waals surface area contributed by atoms with E-state index in [1.54, 1.807) is 0 Å². The lowest BCUT2D eigenvalue weighted by Gasteiger charge is -2.07. The smallest absolute Gasteiger partial charge is 0.119 e. The Balaban J connectivity index is 1.60. The summed E-state index contributed by atoms with van der Waals surface area (Å²) < 4.78 is 11.4. The molecule has 2 nitrogen and oxygen atoms in total. The van der Waals surface area contributed by atoms with Crippen molar-refractivity contribution in [3.05, 3.63) is 71.8 Å².